The molecule has 1 saturated heterocycles. The van der Waals surface area contributed by atoms with Crippen molar-refractivity contribution in [3.8, 4) is 0 Å². The van der Waals surface area contributed by atoms with Crippen molar-refractivity contribution < 1.29 is 13.2 Å². The molecule has 0 bridgehead atoms. The lowest BCUT2D eigenvalue weighted by molar-refractivity contribution is 0.0776. The van der Waals surface area contributed by atoms with E-state index >= 15 is 0 Å². The van der Waals surface area contributed by atoms with Crippen LogP contribution in [0, 0.1) is 12.3 Å². The maximum Gasteiger partial charge on any atom is 0.254 e. The lowest BCUT2D eigenvalue weighted by Gasteiger charge is -2.23. The molecule has 1 aliphatic heterocycles. The van der Waals surface area contributed by atoms with Gasteiger partial charge in [0, 0.05) is 25.2 Å². The highest BCUT2D eigenvalue weighted by atomic mass is 32.2. The van der Waals surface area contributed by atoms with Crippen LogP contribution >= 0.6 is 0 Å². The molecule has 7 heteroatoms. The fourth-order valence-electron chi connectivity index (χ4n) is 2.81. The summed E-state index contributed by atoms with van der Waals surface area (Å²) < 4.78 is 26.7. The minimum absolute atomic E-state index is 0.0585. The van der Waals surface area contributed by atoms with Crippen LogP contribution in [0.5, 0.6) is 0 Å². The van der Waals surface area contributed by atoms with E-state index in [0.29, 0.717) is 31.7 Å². The van der Waals surface area contributed by atoms with Gasteiger partial charge in [0.1, 0.15) is 0 Å². The van der Waals surface area contributed by atoms with Crippen molar-refractivity contribution in [2.75, 3.05) is 26.2 Å². The number of nitrogens with zero attached hydrogens (tertiary/aromatic N) is 1. The van der Waals surface area contributed by atoms with Crippen molar-refractivity contribution in [2.45, 2.75) is 32.1 Å². The third kappa shape index (κ3) is 3.73. The second-order valence-corrected chi connectivity index (χ2v) is 8.24. The number of rotatable bonds is 5. The molecule has 0 aromatic heterocycles. The first-order chi connectivity index (χ1) is 10.7. The van der Waals surface area contributed by atoms with Crippen molar-refractivity contribution in [1.29, 1.82) is 0 Å². The number of nitrogens with two attached hydrogens (primary N) is 1. The summed E-state index contributed by atoms with van der Waals surface area (Å²) in [6, 6.07) is 4.67. The Hall–Kier alpha value is -1.44. The van der Waals surface area contributed by atoms with Crippen LogP contribution in [-0.4, -0.2) is 45.4 Å². The smallest absolute Gasteiger partial charge is 0.254 e. The lowest BCUT2D eigenvalue weighted by atomic mass is 9.90. The molecule has 0 spiro atoms. The van der Waals surface area contributed by atoms with Gasteiger partial charge in [-0.05, 0) is 43.0 Å². The largest absolute Gasteiger partial charge is 0.338 e. The molecule has 1 fully saturated rings. The highest BCUT2D eigenvalue weighted by Crippen LogP contribution is 2.30. The minimum atomic E-state index is -3.57. The van der Waals surface area contributed by atoms with E-state index in [1.165, 1.54) is 12.1 Å². The van der Waals surface area contributed by atoms with Gasteiger partial charge in [0.15, 0.2) is 0 Å². The first-order valence-corrected chi connectivity index (χ1v) is 9.30. The normalized spacial score (nSPS) is 21.7. The van der Waals surface area contributed by atoms with Crippen LogP contribution in [-0.2, 0) is 10.0 Å². The lowest BCUT2D eigenvalue weighted by Crippen LogP contribution is -2.35. The van der Waals surface area contributed by atoms with E-state index in [4.69, 9.17) is 5.73 Å². The van der Waals surface area contributed by atoms with Gasteiger partial charge in [-0.1, -0.05) is 19.9 Å². The van der Waals surface area contributed by atoms with E-state index in [1.807, 2.05) is 6.92 Å². The topological polar surface area (TPSA) is 92.5 Å². The zero-order valence-corrected chi connectivity index (χ0v) is 14.7. The number of sulfonamides is 1. The van der Waals surface area contributed by atoms with Crippen LogP contribution in [0.4, 0.5) is 0 Å². The average molecular weight is 339 g/mol. The first-order valence-electron chi connectivity index (χ1n) is 7.82. The fraction of sp³-hybridized carbons (Fsp3) is 0.562. The number of hydrogen-bond donors (Lipinski definition) is 2. The van der Waals surface area contributed by atoms with Crippen LogP contribution in [0.1, 0.15) is 36.2 Å². The fourth-order valence-corrected chi connectivity index (χ4v) is 3.87. The summed E-state index contributed by atoms with van der Waals surface area (Å²) in [5, 5.41) is 0. The molecule has 2 rings (SSSR count). The summed E-state index contributed by atoms with van der Waals surface area (Å²) >= 11 is 0. The Labute approximate surface area is 138 Å². The second-order valence-electron chi connectivity index (χ2n) is 6.47. The Morgan fingerprint density at radius 3 is 2.70 bits per heavy atom. The summed E-state index contributed by atoms with van der Waals surface area (Å²) in [6.45, 7) is 7.69. The van der Waals surface area contributed by atoms with Crippen molar-refractivity contribution in [3.05, 3.63) is 29.3 Å². The molecule has 1 atom stereocenters. The van der Waals surface area contributed by atoms with Crippen LogP contribution in [0.15, 0.2) is 23.1 Å². The molecule has 23 heavy (non-hydrogen) atoms. The molecule has 3 N–H and O–H groups in total. The summed E-state index contributed by atoms with van der Waals surface area (Å²) in [6.07, 6.45) is 0.865. The Morgan fingerprint density at radius 1 is 1.43 bits per heavy atom. The van der Waals surface area contributed by atoms with E-state index in [2.05, 4.69) is 11.6 Å². The number of benzene rings is 1. The summed E-state index contributed by atoms with van der Waals surface area (Å²) in [5.74, 6) is -0.131. The monoisotopic (exact) mass is 339 g/mol. The van der Waals surface area contributed by atoms with Gasteiger partial charge in [-0.15, -0.1) is 0 Å². The Bertz CT molecular complexity index is 703. The van der Waals surface area contributed by atoms with E-state index in [9.17, 15) is 13.2 Å². The van der Waals surface area contributed by atoms with Crippen molar-refractivity contribution >= 4 is 15.9 Å². The first kappa shape index (κ1) is 17.9. The minimum Gasteiger partial charge on any atom is -0.338 e. The van der Waals surface area contributed by atoms with Gasteiger partial charge in [-0.2, -0.15) is 0 Å². The molecule has 0 radical (unpaired) electrons. The SMILES string of the molecule is CCNS(=O)(=O)c1ccc(C)c(C(=O)N2CCC(C)(CN)C2)c1. The quantitative estimate of drug-likeness (QED) is 0.840. The molecular weight excluding hydrogens is 314 g/mol. The molecule has 1 aliphatic rings. The van der Waals surface area contributed by atoms with Gasteiger partial charge in [-0.25, -0.2) is 13.1 Å². The van der Waals surface area contributed by atoms with Gasteiger partial charge < -0.3 is 10.6 Å². The molecule has 1 amide bonds. The highest BCUT2D eigenvalue weighted by molar-refractivity contribution is 7.89. The van der Waals surface area contributed by atoms with E-state index in [-0.39, 0.29) is 16.2 Å². The van der Waals surface area contributed by atoms with E-state index in [1.54, 1.807) is 17.9 Å². The number of hydrogen-bond acceptors (Lipinski definition) is 4. The predicted molar refractivity (Wildman–Crippen MR) is 89.7 cm³/mol. The standard InChI is InChI=1S/C16H25N3O3S/c1-4-18-23(21,22)13-6-5-12(2)14(9-13)15(20)19-8-7-16(3,10-17)11-19/h5-6,9,18H,4,7-8,10-11,17H2,1-3H3. The number of carbonyl (C=O) groups excluding carboxylic acids is 1. The molecule has 0 saturated carbocycles. The van der Waals surface area contributed by atoms with Crippen molar-refractivity contribution in [2.24, 2.45) is 11.1 Å². The molecule has 128 valence electrons. The second kappa shape index (κ2) is 6.59. The number of amides is 1. The van der Waals surface area contributed by atoms with Gasteiger partial charge in [0.2, 0.25) is 10.0 Å². The number of carbonyl (C=O) groups is 1. The van der Waals surface area contributed by atoms with Crippen LogP contribution < -0.4 is 10.5 Å². The molecule has 1 aromatic carbocycles. The van der Waals surface area contributed by atoms with Crippen molar-refractivity contribution in [1.82, 2.24) is 9.62 Å². The Morgan fingerprint density at radius 2 is 2.13 bits per heavy atom. The number of nitrogens with one attached hydrogen (secondary N) is 1. The van der Waals surface area contributed by atoms with Gasteiger partial charge >= 0.3 is 0 Å². The summed E-state index contributed by atoms with van der Waals surface area (Å²) in [4.78, 5) is 14.7. The molecule has 1 aromatic rings. The van der Waals surface area contributed by atoms with Crippen LogP contribution in [0.25, 0.3) is 0 Å². The Kier molecular flexibility index (Phi) is 5.13. The maximum absolute atomic E-state index is 12.8. The van der Waals surface area contributed by atoms with Crippen molar-refractivity contribution in [3.63, 3.8) is 0 Å². The predicted octanol–water partition coefficient (Wildman–Crippen LogP) is 1.10. The molecule has 1 unspecified atom stereocenters. The van der Waals surface area contributed by atoms with Gasteiger partial charge in [-0.3, -0.25) is 4.79 Å². The Balaban J connectivity index is 2.31. The highest BCUT2D eigenvalue weighted by Gasteiger charge is 2.35. The van der Waals surface area contributed by atoms with Gasteiger partial charge in [0.25, 0.3) is 5.91 Å². The van der Waals surface area contributed by atoms with E-state index < -0.39 is 10.0 Å². The molecule has 0 aliphatic carbocycles. The van der Waals surface area contributed by atoms with Gasteiger partial charge in [0.05, 0.1) is 4.90 Å². The third-order valence-electron chi connectivity index (χ3n) is 4.42. The molecule has 6 nitrogen and oxygen atoms in total. The van der Waals surface area contributed by atoms with E-state index in [0.717, 1.165) is 12.0 Å². The third-order valence-corrected chi connectivity index (χ3v) is 5.97. The van der Waals surface area contributed by atoms with Crippen LogP contribution in [0.2, 0.25) is 0 Å². The molecular formula is C16H25N3O3S. The zero-order valence-electron chi connectivity index (χ0n) is 13.9. The zero-order chi connectivity index (χ0) is 17.3. The maximum atomic E-state index is 12.8. The number of aryl methyl sites for hydroxylation is 1. The average Bonchev–Trinajstić information content (AvgIpc) is 2.90. The number of likely N-dealkylation sites (tertiary alicyclic amines) is 1. The van der Waals surface area contributed by atoms with Crippen LogP contribution in [0.3, 0.4) is 0 Å². The summed E-state index contributed by atoms with van der Waals surface area (Å²) in [7, 11) is -3.57. The molecule has 1 heterocycles. The summed E-state index contributed by atoms with van der Waals surface area (Å²) in [5.41, 5.74) is 6.94.